The van der Waals surface area contributed by atoms with E-state index >= 15 is 0 Å². The zero-order valence-electron chi connectivity index (χ0n) is 12.4. The zero-order valence-corrected chi connectivity index (χ0v) is 13.3. The van der Waals surface area contributed by atoms with E-state index in [9.17, 15) is 0 Å². The molecule has 2 heterocycles. The van der Waals surface area contributed by atoms with E-state index in [1.54, 1.807) is 11.3 Å². The lowest BCUT2D eigenvalue weighted by molar-refractivity contribution is 0.260. The fraction of sp³-hybridized carbons (Fsp3) is 0.571. The highest BCUT2D eigenvalue weighted by atomic mass is 32.1. The second kappa shape index (κ2) is 5.93. The number of nitrogens with one attached hydrogen (secondary N) is 2. The lowest BCUT2D eigenvalue weighted by atomic mass is 10.0. The number of anilines is 2. The van der Waals surface area contributed by atoms with Crippen LogP contribution in [0.15, 0.2) is 6.07 Å². The van der Waals surface area contributed by atoms with Crippen molar-refractivity contribution in [3.05, 3.63) is 10.9 Å². The molecule has 0 amide bonds. The molecule has 5 nitrogen and oxygen atoms in total. The predicted octanol–water partition coefficient (Wildman–Crippen LogP) is 3.00. The van der Waals surface area contributed by atoms with Crippen molar-refractivity contribution in [3.63, 3.8) is 0 Å². The smallest absolute Gasteiger partial charge is 0.226 e. The van der Waals surface area contributed by atoms with Crippen LogP contribution in [-0.4, -0.2) is 33.8 Å². The molecule has 2 aromatic rings. The number of rotatable bonds is 6. The maximum atomic E-state index is 9.15. The number of hydrogen-bond acceptors (Lipinski definition) is 6. The maximum absolute atomic E-state index is 9.15. The Morgan fingerprint density at radius 3 is 2.75 bits per heavy atom. The van der Waals surface area contributed by atoms with Gasteiger partial charge in [-0.1, -0.05) is 0 Å². The summed E-state index contributed by atoms with van der Waals surface area (Å²) in [6.45, 7) is 9.15. The van der Waals surface area contributed by atoms with Crippen LogP contribution in [-0.2, 0) is 0 Å². The minimum Gasteiger partial charge on any atom is -0.396 e. The van der Waals surface area contributed by atoms with E-state index in [0.717, 1.165) is 22.6 Å². The van der Waals surface area contributed by atoms with Crippen LogP contribution in [0.2, 0.25) is 0 Å². The fourth-order valence-electron chi connectivity index (χ4n) is 2.04. The molecule has 2 aromatic heterocycles. The van der Waals surface area contributed by atoms with E-state index in [4.69, 9.17) is 5.11 Å². The molecule has 0 spiro atoms. The Labute approximate surface area is 123 Å². The first kappa shape index (κ1) is 15.0. The molecule has 0 atom stereocenters. The Hall–Kier alpha value is -1.40. The summed E-state index contributed by atoms with van der Waals surface area (Å²) in [4.78, 5) is 11.3. The molecule has 0 aliphatic heterocycles. The minimum absolute atomic E-state index is 0.150. The molecule has 0 fully saturated rings. The van der Waals surface area contributed by atoms with Crippen molar-refractivity contribution in [1.29, 1.82) is 0 Å². The summed E-state index contributed by atoms with van der Waals surface area (Å²) in [7, 11) is 0. The molecule has 0 unspecified atom stereocenters. The number of fused-ring (bicyclic) bond motifs is 1. The highest BCUT2D eigenvalue weighted by Gasteiger charge is 2.20. The van der Waals surface area contributed by atoms with E-state index in [1.165, 1.54) is 4.88 Å². The van der Waals surface area contributed by atoms with E-state index in [0.29, 0.717) is 12.4 Å². The van der Waals surface area contributed by atoms with Crippen molar-refractivity contribution in [2.75, 3.05) is 23.8 Å². The van der Waals surface area contributed by atoms with E-state index in [1.807, 2.05) is 6.92 Å². The SMILES string of the molecule is CCNc1nc(NC(C)(C)CCO)c2cc(C)sc2n1. The van der Waals surface area contributed by atoms with E-state index in [2.05, 4.69) is 47.4 Å². The number of aromatic nitrogens is 2. The second-order valence-electron chi connectivity index (χ2n) is 5.48. The van der Waals surface area contributed by atoms with Crippen LogP contribution in [0, 0.1) is 6.92 Å². The van der Waals surface area contributed by atoms with Gasteiger partial charge in [0.05, 0.1) is 5.39 Å². The monoisotopic (exact) mass is 294 g/mol. The van der Waals surface area contributed by atoms with Gasteiger partial charge in [0, 0.05) is 23.6 Å². The molecular weight excluding hydrogens is 272 g/mol. The molecule has 0 aromatic carbocycles. The van der Waals surface area contributed by atoms with Crippen molar-refractivity contribution in [2.24, 2.45) is 0 Å². The fourth-order valence-corrected chi connectivity index (χ4v) is 2.92. The summed E-state index contributed by atoms with van der Waals surface area (Å²) in [5, 5.41) is 16.8. The van der Waals surface area contributed by atoms with Gasteiger partial charge in [0.25, 0.3) is 0 Å². The van der Waals surface area contributed by atoms with Crippen molar-refractivity contribution in [3.8, 4) is 0 Å². The van der Waals surface area contributed by atoms with Crippen molar-refractivity contribution in [2.45, 2.75) is 39.7 Å². The molecule has 3 N–H and O–H groups in total. The Balaban J connectivity index is 2.43. The number of aliphatic hydroxyl groups is 1. The number of aliphatic hydroxyl groups excluding tert-OH is 1. The molecule has 20 heavy (non-hydrogen) atoms. The third-order valence-electron chi connectivity index (χ3n) is 3.04. The van der Waals surface area contributed by atoms with Gasteiger partial charge >= 0.3 is 0 Å². The molecule has 0 saturated carbocycles. The van der Waals surface area contributed by atoms with Gasteiger partial charge in [-0.2, -0.15) is 4.98 Å². The molecular formula is C14H22N4OS. The predicted molar refractivity (Wildman–Crippen MR) is 85.7 cm³/mol. The summed E-state index contributed by atoms with van der Waals surface area (Å²) in [6.07, 6.45) is 0.665. The average molecular weight is 294 g/mol. The highest BCUT2D eigenvalue weighted by Crippen LogP contribution is 2.31. The summed E-state index contributed by atoms with van der Waals surface area (Å²) in [6, 6.07) is 2.10. The first-order chi connectivity index (χ1) is 9.45. The average Bonchev–Trinajstić information content (AvgIpc) is 2.69. The van der Waals surface area contributed by atoms with E-state index < -0.39 is 0 Å². The van der Waals surface area contributed by atoms with Gasteiger partial charge in [-0.05, 0) is 40.2 Å². The summed E-state index contributed by atoms with van der Waals surface area (Å²) >= 11 is 1.67. The molecule has 110 valence electrons. The van der Waals surface area contributed by atoms with Crippen LogP contribution >= 0.6 is 11.3 Å². The summed E-state index contributed by atoms with van der Waals surface area (Å²) < 4.78 is 0. The summed E-state index contributed by atoms with van der Waals surface area (Å²) in [5.74, 6) is 1.47. The van der Waals surface area contributed by atoms with Crippen LogP contribution in [0.3, 0.4) is 0 Å². The Bertz CT molecular complexity index is 594. The van der Waals surface area contributed by atoms with Crippen molar-refractivity contribution >= 4 is 33.3 Å². The van der Waals surface area contributed by atoms with Crippen LogP contribution in [0.1, 0.15) is 32.1 Å². The largest absolute Gasteiger partial charge is 0.396 e. The van der Waals surface area contributed by atoms with Gasteiger partial charge in [-0.15, -0.1) is 11.3 Å². The Morgan fingerprint density at radius 1 is 1.35 bits per heavy atom. The van der Waals surface area contributed by atoms with Gasteiger partial charge < -0.3 is 15.7 Å². The minimum atomic E-state index is -0.213. The topological polar surface area (TPSA) is 70.1 Å². The summed E-state index contributed by atoms with van der Waals surface area (Å²) in [5.41, 5.74) is -0.213. The van der Waals surface area contributed by atoms with Gasteiger partial charge in [-0.3, -0.25) is 0 Å². The molecule has 0 saturated heterocycles. The first-order valence-electron chi connectivity index (χ1n) is 6.86. The lowest BCUT2D eigenvalue weighted by Crippen LogP contribution is -2.32. The third-order valence-corrected chi connectivity index (χ3v) is 3.99. The third kappa shape index (κ3) is 3.37. The quantitative estimate of drug-likeness (QED) is 0.764. The van der Waals surface area contributed by atoms with Crippen LogP contribution in [0.5, 0.6) is 0 Å². The molecule has 2 rings (SSSR count). The van der Waals surface area contributed by atoms with Gasteiger partial charge in [0.1, 0.15) is 10.6 Å². The highest BCUT2D eigenvalue weighted by molar-refractivity contribution is 7.18. The zero-order chi connectivity index (χ0) is 14.8. The first-order valence-corrected chi connectivity index (χ1v) is 7.68. The number of nitrogens with zero attached hydrogens (tertiary/aromatic N) is 2. The standard InChI is InChI=1S/C14H22N4OS/c1-5-15-13-16-11(18-14(3,4)6-7-19)10-8-9(2)20-12(10)17-13/h8,19H,5-7H2,1-4H3,(H2,15,16,17,18). The molecule has 0 aliphatic rings. The van der Waals surface area contributed by atoms with Crippen LogP contribution < -0.4 is 10.6 Å². The van der Waals surface area contributed by atoms with Gasteiger partial charge in [0.15, 0.2) is 0 Å². The van der Waals surface area contributed by atoms with Crippen molar-refractivity contribution < 1.29 is 5.11 Å². The molecule has 0 bridgehead atoms. The van der Waals surface area contributed by atoms with Gasteiger partial charge in [-0.25, -0.2) is 4.98 Å². The Kier molecular flexibility index (Phi) is 4.45. The molecule has 0 aliphatic carbocycles. The van der Waals surface area contributed by atoms with Crippen molar-refractivity contribution in [1.82, 2.24) is 9.97 Å². The maximum Gasteiger partial charge on any atom is 0.226 e. The molecule has 0 radical (unpaired) electrons. The van der Waals surface area contributed by atoms with Crippen LogP contribution in [0.4, 0.5) is 11.8 Å². The normalized spacial score (nSPS) is 11.8. The Morgan fingerprint density at radius 2 is 2.10 bits per heavy atom. The second-order valence-corrected chi connectivity index (χ2v) is 6.72. The number of thiophene rings is 1. The van der Waals surface area contributed by atoms with Crippen LogP contribution in [0.25, 0.3) is 10.2 Å². The number of aryl methyl sites for hydroxylation is 1. The number of hydrogen-bond donors (Lipinski definition) is 3. The van der Waals surface area contributed by atoms with Gasteiger partial charge in [0.2, 0.25) is 5.95 Å². The molecule has 6 heteroatoms. The lowest BCUT2D eigenvalue weighted by Gasteiger charge is -2.26. The van der Waals surface area contributed by atoms with E-state index in [-0.39, 0.29) is 12.1 Å².